The molecular formula is C17H25N3O2S. The minimum absolute atomic E-state index is 0.0394. The summed E-state index contributed by atoms with van der Waals surface area (Å²) in [5, 5.41) is 3.54. The number of thiophene rings is 1. The number of hydrogen-bond acceptors (Lipinski definition) is 4. The molecule has 0 radical (unpaired) electrons. The molecule has 126 valence electrons. The lowest BCUT2D eigenvalue weighted by Gasteiger charge is -2.10. The number of hydrogen-bond donors (Lipinski definition) is 1. The Bertz CT molecular complexity index is 748. The third-order valence-corrected chi connectivity index (χ3v) is 5.31. The summed E-state index contributed by atoms with van der Waals surface area (Å²) in [7, 11) is 0. The van der Waals surface area contributed by atoms with Gasteiger partial charge in [-0.1, -0.05) is 26.7 Å². The van der Waals surface area contributed by atoms with Gasteiger partial charge in [0.15, 0.2) is 0 Å². The predicted octanol–water partition coefficient (Wildman–Crippen LogP) is 3.48. The van der Waals surface area contributed by atoms with Gasteiger partial charge in [-0.25, -0.2) is 4.98 Å². The maximum absolute atomic E-state index is 12.7. The zero-order chi connectivity index (χ0) is 17.0. The molecule has 0 aliphatic heterocycles. The van der Waals surface area contributed by atoms with Crippen LogP contribution in [-0.4, -0.2) is 21.5 Å². The molecule has 0 aliphatic carbocycles. The van der Waals surface area contributed by atoms with Gasteiger partial charge in [0.2, 0.25) is 0 Å². The minimum atomic E-state index is -0.114. The number of fused-ring (bicyclic) bond motifs is 1. The summed E-state index contributed by atoms with van der Waals surface area (Å²) in [4.78, 5) is 30.7. The average molecular weight is 335 g/mol. The summed E-state index contributed by atoms with van der Waals surface area (Å²) in [5.41, 5.74) is 0.704. The largest absolute Gasteiger partial charge is 0.349 e. The van der Waals surface area contributed by atoms with E-state index in [2.05, 4.69) is 17.2 Å². The van der Waals surface area contributed by atoms with Crippen LogP contribution in [0.3, 0.4) is 0 Å². The molecule has 2 rings (SSSR count). The van der Waals surface area contributed by atoms with E-state index >= 15 is 0 Å². The van der Waals surface area contributed by atoms with Gasteiger partial charge in [-0.3, -0.25) is 14.2 Å². The van der Waals surface area contributed by atoms with Crippen molar-refractivity contribution in [1.82, 2.24) is 14.9 Å². The number of carbonyl (C=O) groups is 1. The van der Waals surface area contributed by atoms with Crippen LogP contribution < -0.4 is 10.9 Å². The molecule has 0 saturated carbocycles. The molecule has 23 heavy (non-hydrogen) atoms. The lowest BCUT2D eigenvalue weighted by molar-refractivity contribution is 0.0943. The molecule has 0 saturated heterocycles. The first-order valence-electron chi connectivity index (χ1n) is 8.28. The van der Waals surface area contributed by atoms with E-state index in [-0.39, 0.29) is 17.5 Å². The van der Waals surface area contributed by atoms with Gasteiger partial charge in [0, 0.05) is 12.6 Å². The topological polar surface area (TPSA) is 64.0 Å². The molecule has 1 atom stereocenters. The monoisotopic (exact) mass is 335 g/mol. The summed E-state index contributed by atoms with van der Waals surface area (Å²) in [6, 6.07) is 0.116. The van der Waals surface area contributed by atoms with Crippen LogP contribution in [-0.2, 0) is 6.54 Å². The molecule has 6 heteroatoms. The molecule has 2 aromatic rings. The zero-order valence-electron chi connectivity index (χ0n) is 14.3. The molecule has 0 bridgehead atoms. The molecule has 5 nitrogen and oxygen atoms in total. The van der Waals surface area contributed by atoms with E-state index in [0.717, 1.165) is 31.2 Å². The number of aryl methyl sites for hydroxylation is 2. The van der Waals surface area contributed by atoms with Gasteiger partial charge in [0.1, 0.15) is 4.83 Å². The second kappa shape index (κ2) is 7.73. The molecule has 2 aromatic heterocycles. The molecule has 0 fully saturated rings. The van der Waals surface area contributed by atoms with Gasteiger partial charge in [-0.2, -0.15) is 0 Å². The normalized spacial score (nSPS) is 12.5. The Morgan fingerprint density at radius 2 is 2.13 bits per heavy atom. The molecule has 1 N–H and O–H groups in total. The summed E-state index contributed by atoms with van der Waals surface area (Å²) < 4.78 is 1.66. The maximum Gasteiger partial charge on any atom is 0.262 e. The van der Waals surface area contributed by atoms with Crippen molar-refractivity contribution in [3.05, 3.63) is 27.1 Å². The Labute approximate surface area is 140 Å². The number of rotatable bonds is 7. The third-order valence-electron chi connectivity index (χ3n) is 4.12. The van der Waals surface area contributed by atoms with E-state index in [0.29, 0.717) is 21.6 Å². The predicted molar refractivity (Wildman–Crippen MR) is 95.4 cm³/mol. The summed E-state index contributed by atoms with van der Waals surface area (Å²) in [5.74, 6) is -0.114. The first kappa shape index (κ1) is 17.7. The highest BCUT2D eigenvalue weighted by Gasteiger charge is 2.20. The van der Waals surface area contributed by atoms with E-state index in [1.165, 1.54) is 11.3 Å². The maximum atomic E-state index is 12.7. The fourth-order valence-corrected chi connectivity index (χ4v) is 3.50. The molecule has 0 aliphatic rings. The van der Waals surface area contributed by atoms with Crippen molar-refractivity contribution in [2.45, 2.75) is 66.0 Å². The number of aromatic nitrogens is 2. The smallest absolute Gasteiger partial charge is 0.262 e. The molecule has 1 amide bonds. The SMILES string of the molecule is CCCCCn1cnc2sc(C(=O)NC(C)CC)c(C)c2c1=O. The Morgan fingerprint density at radius 3 is 2.78 bits per heavy atom. The van der Waals surface area contributed by atoms with Gasteiger partial charge in [0.25, 0.3) is 11.5 Å². The number of nitrogens with one attached hydrogen (secondary N) is 1. The van der Waals surface area contributed by atoms with E-state index in [4.69, 9.17) is 0 Å². The zero-order valence-corrected chi connectivity index (χ0v) is 15.1. The highest BCUT2D eigenvalue weighted by Crippen LogP contribution is 2.26. The van der Waals surface area contributed by atoms with E-state index in [9.17, 15) is 9.59 Å². The van der Waals surface area contributed by atoms with Crippen LogP contribution in [0.4, 0.5) is 0 Å². The Morgan fingerprint density at radius 1 is 1.39 bits per heavy atom. The molecule has 2 heterocycles. The Kier molecular flexibility index (Phi) is 5.93. The standard InChI is InChI=1S/C17H25N3O2S/c1-5-7-8-9-20-10-18-16-13(17(20)22)12(4)14(23-16)15(21)19-11(3)6-2/h10-11H,5-9H2,1-4H3,(H,19,21). The van der Waals surface area contributed by atoms with Crippen LogP contribution in [0.2, 0.25) is 0 Å². The van der Waals surface area contributed by atoms with Crippen LogP contribution in [0, 0.1) is 6.92 Å². The fraction of sp³-hybridized carbons (Fsp3) is 0.588. The van der Waals surface area contributed by atoms with E-state index < -0.39 is 0 Å². The van der Waals surface area contributed by atoms with Crippen LogP contribution >= 0.6 is 11.3 Å². The van der Waals surface area contributed by atoms with Gasteiger partial charge >= 0.3 is 0 Å². The lowest BCUT2D eigenvalue weighted by atomic mass is 10.2. The van der Waals surface area contributed by atoms with Crippen LogP contribution in [0.15, 0.2) is 11.1 Å². The molecule has 0 aromatic carbocycles. The second-order valence-corrected chi connectivity index (χ2v) is 6.97. The van der Waals surface area contributed by atoms with Gasteiger partial charge in [-0.05, 0) is 32.3 Å². The number of nitrogens with zero attached hydrogens (tertiary/aromatic N) is 2. The van der Waals surface area contributed by atoms with Crippen molar-refractivity contribution >= 4 is 27.5 Å². The minimum Gasteiger partial charge on any atom is -0.349 e. The summed E-state index contributed by atoms with van der Waals surface area (Å²) in [6.45, 7) is 8.65. The van der Waals surface area contributed by atoms with Crippen molar-refractivity contribution in [3.8, 4) is 0 Å². The Hall–Kier alpha value is -1.69. The van der Waals surface area contributed by atoms with Crippen LogP contribution in [0.1, 0.15) is 61.7 Å². The summed E-state index contributed by atoms with van der Waals surface area (Å²) >= 11 is 1.30. The van der Waals surface area contributed by atoms with E-state index in [1.54, 1.807) is 10.9 Å². The van der Waals surface area contributed by atoms with Crippen molar-refractivity contribution in [1.29, 1.82) is 0 Å². The van der Waals surface area contributed by atoms with Crippen LogP contribution in [0.25, 0.3) is 10.2 Å². The highest BCUT2D eigenvalue weighted by molar-refractivity contribution is 7.20. The number of carbonyl (C=O) groups excluding carboxylic acids is 1. The van der Waals surface area contributed by atoms with E-state index in [1.807, 2.05) is 20.8 Å². The third kappa shape index (κ3) is 3.80. The van der Waals surface area contributed by atoms with Gasteiger partial charge < -0.3 is 5.32 Å². The van der Waals surface area contributed by atoms with Crippen LogP contribution in [0.5, 0.6) is 0 Å². The van der Waals surface area contributed by atoms with Crippen molar-refractivity contribution in [3.63, 3.8) is 0 Å². The molecular weight excluding hydrogens is 310 g/mol. The van der Waals surface area contributed by atoms with Crippen molar-refractivity contribution < 1.29 is 4.79 Å². The van der Waals surface area contributed by atoms with Crippen molar-refractivity contribution in [2.24, 2.45) is 0 Å². The fourth-order valence-electron chi connectivity index (χ4n) is 2.46. The van der Waals surface area contributed by atoms with Crippen molar-refractivity contribution in [2.75, 3.05) is 0 Å². The lowest BCUT2D eigenvalue weighted by Crippen LogP contribution is -2.31. The molecule has 0 spiro atoms. The molecule has 1 unspecified atom stereocenters. The van der Waals surface area contributed by atoms with Gasteiger partial charge in [-0.15, -0.1) is 11.3 Å². The first-order chi connectivity index (χ1) is 11.0. The first-order valence-corrected chi connectivity index (χ1v) is 9.10. The quantitative estimate of drug-likeness (QED) is 0.788. The number of amides is 1. The second-order valence-electron chi connectivity index (χ2n) is 5.97. The average Bonchev–Trinajstić information content (AvgIpc) is 2.87. The van der Waals surface area contributed by atoms with Gasteiger partial charge in [0.05, 0.1) is 16.6 Å². The number of unbranched alkanes of at least 4 members (excludes halogenated alkanes) is 2. The highest BCUT2D eigenvalue weighted by atomic mass is 32.1. The summed E-state index contributed by atoms with van der Waals surface area (Å²) in [6.07, 6.45) is 5.65. The Balaban J connectivity index is 2.36.